The van der Waals surface area contributed by atoms with E-state index in [9.17, 15) is 13.6 Å². The van der Waals surface area contributed by atoms with Crippen LogP contribution >= 0.6 is 0 Å². The second-order valence-corrected chi connectivity index (χ2v) is 7.01. The first-order valence-corrected chi connectivity index (χ1v) is 9.07. The molecule has 3 aromatic rings. The SMILES string of the molecule is CC(C)Cc1nc(-c2ccc(F)cc2)cnc1NC(=O)Cc1ccc(F)cc1. The van der Waals surface area contributed by atoms with Gasteiger partial charge in [0.15, 0.2) is 5.82 Å². The number of nitrogens with one attached hydrogen (secondary N) is 1. The average molecular weight is 381 g/mol. The Hall–Kier alpha value is -3.15. The third-order valence-corrected chi connectivity index (χ3v) is 4.12. The number of nitrogens with zero attached hydrogens (tertiary/aromatic N) is 2. The number of anilines is 1. The highest BCUT2D eigenvalue weighted by Crippen LogP contribution is 2.22. The summed E-state index contributed by atoms with van der Waals surface area (Å²) < 4.78 is 26.2. The van der Waals surface area contributed by atoms with E-state index in [1.165, 1.54) is 24.3 Å². The van der Waals surface area contributed by atoms with Crippen molar-refractivity contribution in [1.82, 2.24) is 9.97 Å². The monoisotopic (exact) mass is 381 g/mol. The number of hydrogen-bond donors (Lipinski definition) is 1. The molecule has 0 bridgehead atoms. The molecule has 6 heteroatoms. The predicted octanol–water partition coefficient (Wildman–Crippen LogP) is 4.80. The molecule has 1 aromatic heterocycles. The van der Waals surface area contributed by atoms with E-state index in [0.29, 0.717) is 35.1 Å². The van der Waals surface area contributed by atoms with E-state index >= 15 is 0 Å². The molecule has 0 aliphatic carbocycles. The molecule has 0 fully saturated rings. The lowest BCUT2D eigenvalue weighted by Crippen LogP contribution is -2.18. The van der Waals surface area contributed by atoms with E-state index < -0.39 is 0 Å². The molecule has 0 spiro atoms. The van der Waals surface area contributed by atoms with Crippen molar-refractivity contribution in [3.63, 3.8) is 0 Å². The second-order valence-electron chi connectivity index (χ2n) is 7.01. The van der Waals surface area contributed by atoms with Gasteiger partial charge in [-0.05, 0) is 54.3 Å². The average Bonchev–Trinajstić information content (AvgIpc) is 2.65. The van der Waals surface area contributed by atoms with Crippen LogP contribution in [0, 0.1) is 17.6 Å². The van der Waals surface area contributed by atoms with Crippen LogP contribution in [0.25, 0.3) is 11.3 Å². The second kappa shape index (κ2) is 8.69. The number of amides is 1. The maximum absolute atomic E-state index is 13.2. The van der Waals surface area contributed by atoms with Crippen molar-refractivity contribution in [2.75, 3.05) is 5.32 Å². The Bertz CT molecular complexity index is 955. The van der Waals surface area contributed by atoms with Crippen molar-refractivity contribution in [3.05, 3.63) is 77.6 Å². The van der Waals surface area contributed by atoms with Crippen molar-refractivity contribution in [1.29, 1.82) is 0 Å². The van der Waals surface area contributed by atoms with Crippen LogP contribution < -0.4 is 5.32 Å². The molecule has 4 nitrogen and oxygen atoms in total. The molecular weight excluding hydrogens is 360 g/mol. The first-order valence-electron chi connectivity index (χ1n) is 9.07. The molecule has 3 rings (SSSR count). The van der Waals surface area contributed by atoms with E-state index in [-0.39, 0.29) is 24.0 Å². The maximum atomic E-state index is 13.2. The maximum Gasteiger partial charge on any atom is 0.229 e. The molecule has 1 N–H and O–H groups in total. The van der Waals surface area contributed by atoms with Crippen LogP contribution in [0.3, 0.4) is 0 Å². The van der Waals surface area contributed by atoms with Crippen molar-refractivity contribution in [3.8, 4) is 11.3 Å². The fourth-order valence-corrected chi connectivity index (χ4v) is 2.78. The van der Waals surface area contributed by atoms with Crippen LogP contribution in [0.15, 0.2) is 54.7 Å². The van der Waals surface area contributed by atoms with E-state index in [1.807, 2.05) is 0 Å². The van der Waals surface area contributed by atoms with Gasteiger partial charge in [-0.1, -0.05) is 26.0 Å². The van der Waals surface area contributed by atoms with Gasteiger partial charge >= 0.3 is 0 Å². The molecule has 0 aliphatic heterocycles. The lowest BCUT2D eigenvalue weighted by molar-refractivity contribution is -0.115. The van der Waals surface area contributed by atoms with Crippen LogP contribution in [-0.2, 0) is 17.6 Å². The fraction of sp³-hybridized carbons (Fsp3) is 0.227. The number of hydrogen-bond acceptors (Lipinski definition) is 3. The van der Waals surface area contributed by atoms with Crippen LogP contribution in [-0.4, -0.2) is 15.9 Å². The summed E-state index contributed by atoms with van der Waals surface area (Å²) >= 11 is 0. The molecule has 1 amide bonds. The molecule has 0 saturated carbocycles. The standard InChI is InChI=1S/C22H21F2N3O/c1-14(2)11-19-22(27-21(28)12-15-3-7-17(23)8-4-15)25-13-20(26-19)16-5-9-18(24)10-6-16/h3-10,13-14H,11-12H2,1-2H3,(H,25,27,28). The van der Waals surface area contributed by atoms with Crippen molar-refractivity contribution < 1.29 is 13.6 Å². The molecular formula is C22H21F2N3O. The van der Waals surface area contributed by atoms with Crippen LogP contribution in [0.2, 0.25) is 0 Å². The third kappa shape index (κ3) is 5.19. The highest BCUT2D eigenvalue weighted by molar-refractivity contribution is 5.91. The predicted molar refractivity (Wildman–Crippen MR) is 105 cm³/mol. The highest BCUT2D eigenvalue weighted by atomic mass is 19.1. The van der Waals surface area contributed by atoms with Crippen LogP contribution in [0.1, 0.15) is 25.1 Å². The van der Waals surface area contributed by atoms with Gasteiger partial charge in [0, 0.05) is 5.56 Å². The van der Waals surface area contributed by atoms with E-state index in [1.54, 1.807) is 30.5 Å². The van der Waals surface area contributed by atoms with Gasteiger partial charge in [0.1, 0.15) is 11.6 Å². The Morgan fingerprint density at radius 2 is 1.61 bits per heavy atom. The molecule has 0 saturated heterocycles. The van der Waals surface area contributed by atoms with Gasteiger partial charge in [0.05, 0.1) is 24.0 Å². The summed E-state index contributed by atoms with van der Waals surface area (Å²) in [5.74, 6) is -0.188. The summed E-state index contributed by atoms with van der Waals surface area (Å²) in [7, 11) is 0. The summed E-state index contributed by atoms with van der Waals surface area (Å²) in [6.45, 7) is 4.10. The Labute approximate surface area is 162 Å². The smallest absolute Gasteiger partial charge is 0.229 e. The van der Waals surface area contributed by atoms with E-state index in [0.717, 1.165) is 5.56 Å². The van der Waals surface area contributed by atoms with E-state index in [4.69, 9.17) is 0 Å². The molecule has 144 valence electrons. The molecule has 2 aromatic carbocycles. The number of carbonyl (C=O) groups is 1. The topological polar surface area (TPSA) is 54.9 Å². The van der Waals surface area contributed by atoms with Crippen molar-refractivity contribution in [2.24, 2.45) is 5.92 Å². The lowest BCUT2D eigenvalue weighted by Gasteiger charge is -2.13. The molecule has 0 aliphatic rings. The van der Waals surface area contributed by atoms with Crippen LogP contribution in [0.5, 0.6) is 0 Å². The largest absolute Gasteiger partial charge is 0.309 e. The van der Waals surface area contributed by atoms with Gasteiger partial charge in [-0.2, -0.15) is 0 Å². The number of aromatic nitrogens is 2. The van der Waals surface area contributed by atoms with Crippen molar-refractivity contribution >= 4 is 11.7 Å². The summed E-state index contributed by atoms with van der Waals surface area (Å²) in [4.78, 5) is 21.4. The zero-order valence-corrected chi connectivity index (χ0v) is 15.7. The number of carbonyl (C=O) groups excluding carboxylic acids is 1. The molecule has 1 heterocycles. The zero-order valence-electron chi connectivity index (χ0n) is 15.7. The summed E-state index contributed by atoms with van der Waals surface area (Å²) in [5, 5.41) is 2.80. The van der Waals surface area contributed by atoms with Gasteiger partial charge in [0.25, 0.3) is 0 Å². The van der Waals surface area contributed by atoms with Crippen molar-refractivity contribution in [2.45, 2.75) is 26.7 Å². The van der Waals surface area contributed by atoms with Crippen LogP contribution in [0.4, 0.5) is 14.6 Å². The Morgan fingerprint density at radius 3 is 2.21 bits per heavy atom. The molecule has 0 unspecified atom stereocenters. The zero-order chi connectivity index (χ0) is 20.1. The Balaban J connectivity index is 1.81. The van der Waals surface area contributed by atoms with Gasteiger partial charge < -0.3 is 5.32 Å². The Morgan fingerprint density at radius 1 is 1.00 bits per heavy atom. The Kier molecular flexibility index (Phi) is 6.09. The minimum absolute atomic E-state index is 0.114. The lowest BCUT2D eigenvalue weighted by atomic mass is 10.1. The quantitative estimate of drug-likeness (QED) is 0.667. The first kappa shape index (κ1) is 19.6. The fourth-order valence-electron chi connectivity index (χ4n) is 2.78. The number of halogens is 2. The highest BCUT2D eigenvalue weighted by Gasteiger charge is 2.14. The van der Waals surface area contributed by atoms with Gasteiger partial charge in [-0.25, -0.2) is 18.7 Å². The minimum Gasteiger partial charge on any atom is -0.309 e. The summed E-state index contributed by atoms with van der Waals surface area (Å²) in [6, 6.07) is 11.8. The number of benzene rings is 2. The molecule has 28 heavy (non-hydrogen) atoms. The summed E-state index contributed by atoms with van der Waals surface area (Å²) in [5.41, 5.74) is 2.75. The molecule has 0 atom stereocenters. The molecule has 0 radical (unpaired) electrons. The minimum atomic E-state index is -0.342. The number of rotatable bonds is 6. The van der Waals surface area contributed by atoms with Gasteiger partial charge in [-0.3, -0.25) is 4.79 Å². The summed E-state index contributed by atoms with van der Waals surface area (Å²) in [6.07, 6.45) is 2.31. The normalized spacial score (nSPS) is 10.9. The first-order chi connectivity index (χ1) is 13.4. The third-order valence-electron chi connectivity index (χ3n) is 4.12. The van der Waals surface area contributed by atoms with Gasteiger partial charge in [0.2, 0.25) is 5.91 Å². The van der Waals surface area contributed by atoms with Gasteiger partial charge in [-0.15, -0.1) is 0 Å². The van der Waals surface area contributed by atoms with E-state index in [2.05, 4.69) is 29.1 Å².